The molecular weight excluding hydrogens is 140 g/mol. The smallest absolute Gasteiger partial charge is 0.120 e. The standard InChI is InChI=1S/C8H14N2O/c1-5-3-4-6(9)8(2,11)7(5)10/h3-4,7,11H,9-10H2,1-2H3. The van der Waals surface area contributed by atoms with Crippen molar-refractivity contribution in [2.45, 2.75) is 25.5 Å². The van der Waals surface area contributed by atoms with Crippen molar-refractivity contribution >= 4 is 0 Å². The molecule has 5 N–H and O–H groups in total. The second-order valence-corrected chi connectivity index (χ2v) is 3.16. The molecule has 0 radical (unpaired) electrons. The van der Waals surface area contributed by atoms with E-state index < -0.39 is 5.60 Å². The van der Waals surface area contributed by atoms with E-state index in [4.69, 9.17) is 11.5 Å². The summed E-state index contributed by atoms with van der Waals surface area (Å²) < 4.78 is 0. The first kappa shape index (κ1) is 8.30. The predicted octanol–water partition coefficient (Wildman–Crippen LogP) is -0.133. The van der Waals surface area contributed by atoms with Crippen LogP contribution >= 0.6 is 0 Å². The first-order valence-corrected chi connectivity index (χ1v) is 3.58. The average Bonchev–Trinajstić information content (AvgIpc) is 1.95. The molecule has 3 heteroatoms. The molecule has 1 aliphatic rings. The molecule has 1 rings (SSSR count). The first-order valence-electron chi connectivity index (χ1n) is 3.58. The summed E-state index contributed by atoms with van der Waals surface area (Å²) in [7, 11) is 0. The Kier molecular flexibility index (Phi) is 1.78. The van der Waals surface area contributed by atoms with Crippen LogP contribution < -0.4 is 11.5 Å². The molecule has 0 aliphatic heterocycles. The van der Waals surface area contributed by atoms with Gasteiger partial charge in [-0.2, -0.15) is 0 Å². The lowest BCUT2D eigenvalue weighted by Gasteiger charge is -2.33. The fraction of sp³-hybridized carbons (Fsp3) is 0.500. The Morgan fingerprint density at radius 3 is 2.55 bits per heavy atom. The van der Waals surface area contributed by atoms with Gasteiger partial charge in [0.25, 0.3) is 0 Å². The van der Waals surface area contributed by atoms with Crippen molar-refractivity contribution in [3.05, 3.63) is 23.4 Å². The first-order chi connectivity index (χ1) is 4.96. The third-order valence-corrected chi connectivity index (χ3v) is 2.21. The number of hydrogen-bond acceptors (Lipinski definition) is 3. The van der Waals surface area contributed by atoms with Crippen LogP contribution in [-0.4, -0.2) is 16.7 Å². The molecular formula is C8H14N2O. The van der Waals surface area contributed by atoms with Crippen molar-refractivity contribution in [3.8, 4) is 0 Å². The van der Waals surface area contributed by atoms with Gasteiger partial charge in [0, 0.05) is 5.70 Å². The van der Waals surface area contributed by atoms with E-state index in [-0.39, 0.29) is 6.04 Å². The van der Waals surface area contributed by atoms with Gasteiger partial charge in [0.2, 0.25) is 0 Å². The van der Waals surface area contributed by atoms with Gasteiger partial charge >= 0.3 is 0 Å². The topological polar surface area (TPSA) is 72.3 Å². The SMILES string of the molecule is CC1=CC=C(N)C(C)(O)C1N. The minimum absolute atomic E-state index is 0.382. The van der Waals surface area contributed by atoms with Gasteiger partial charge in [-0.25, -0.2) is 0 Å². The van der Waals surface area contributed by atoms with Crippen LogP contribution in [0.1, 0.15) is 13.8 Å². The summed E-state index contributed by atoms with van der Waals surface area (Å²) in [5, 5.41) is 9.72. The number of rotatable bonds is 0. The maximum Gasteiger partial charge on any atom is 0.120 e. The quantitative estimate of drug-likeness (QED) is 0.455. The van der Waals surface area contributed by atoms with Crippen LogP contribution in [0.15, 0.2) is 23.4 Å². The van der Waals surface area contributed by atoms with E-state index in [0.717, 1.165) is 5.57 Å². The molecule has 0 aromatic heterocycles. The van der Waals surface area contributed by atoms with E-state index in [0.29, 0.717) is 5.70 Å². The molecule has 2 atom stereocenters. The Balaban J connectivity index is 3.03. The Hall–Kier alpha value is -0.800. The van der Waals surface area contributed by atoms with Crippen LogP contribution in [0, 0.1) is 0 Å². The summed E-state index contributed by atoms with van der Waals surface area (Å²) in [6.45, 7) is 3.50. The number of allylic oxidation sites excluding steroid dienone is 2. The maximum absolute atomic E-state index is 9.72. The van der Waals surface area contributed by atoms with Crippen molar-refractivity contribution in [1.29, 1.82) is 0 Å². The minimum atomic E-state index is -1.08. The molecule has 0 saturated heterocycles. The molecule has 0 aromatic carbocycles. The zero-order chi connectivity index (χ0) is 8.65. The summed E-state index contributed by atoms with van der Waals surface area (Å²) in [5.41, 5.74) is 11.5. The highest BCUT2D eigenvalue weighted by atomic mass is 16.3. The van der Waals surface area contributed by atoms with Gasteiger partial charge in [0.05, 0.1) is 6.04 Å². The molecule has 0 bridgehead atoms. The summed E-state index contributed by atoms with van der Waals surface area (Å²) in [5.74, 6) is 0. The summed E-state index contributed by atoms with van der Waals surface area (Å²) in [4.78, 5) is 0. The Labute approximate surface area is 66.4 Å². The lowest BCUT2D eigenvalue weighted by molar-refractivity contribution is 0.0782. The van der Waals surface area contributed by atoms with Gasteiger partial charge in [-0.15, -0.1) is 0 Å². The Bertz CT molecular complexity index is 228. The largest absolute Gasteiger partial charge is 0.400 e. The van der Waals surface area contributed by atoms with Crippen LogP contribution in [0.4, 0.5) is 0 Å². The molecule has 62 valence electrons. The highest BCUT2D eigenvalue weighted by Gasteiger charge is 2.34. The number of aliphatic hydroxyl groups is 1. The fourth-order valence-corrected chi connectivity index (χ4v) is 1.12. The monoisotopic (exact) mass is 154 g/mol. The van der Waals surface area contributed by atoms with Crippen molar-refractivity contribution in [1.82, 2.24) is 0 Å². The van der Waals surface area contributed by atoms with Crippen molar-refractivity contribution in [2.24, 2.45) is 11.5 Å². The zero-order valence-corrected chi connectivity index (χ0v) is 6.83. The highest BCUT2D eigenvalue weighted by molar-refractivity contribution is 5.34. The second-order valence-electron chi connectivity index (χ2n) is 3.16. The lowest BCUT2D eigenvalue weighted by Crippen LogP contribution is -2.51. The third-order valence-electron chi connectivity index (χ3n) is 2.21. The van der Waals surface area contributed by atoms with Crippen LogP contribution in [0.5, 0.6) is 0 Å². The summed E-state index contributed by atoms with van der Waals surface area (Å²) in [6.07, 6.45) is 3.52. The minimum Gasteiger partial charge on any atom is -0.400 e. The predicted molar refractivity (Wildman–Crippen MR) is 44.6 cm³/mol. The van der Waals surface area contributed by atoms with E-state index in [1.54, 1.807) is 13.0 Å². The van der Waals surface area contributed by atoms with Crippen molar-refractivity contribution < 1.29 is 5.11 Å². The van der Waals surface area contributed by atoms with Crippen molar-refractivity contribution in [3.63, 3.8) is 0 Å². The van der Waals surface area contributed by atoms with Gasteiger partial charge in [0.15, 0.2) is 0 Å². The number of hydrogen-bond donors (Lipinski definition) is 3. The van der Waals surface area contributed by atoms with E-state index in [2.05, 4.69) is 0 Å². The molecule has 0 fully saturated rings. The van der Waals surface area contributed by atoms with E-state index in [1.807, 2.05) is 13.0 Å². The Morgan fingerprint density at radius 2 is 2.09 bits per heavy atom. The van der Waals surface area contributed by atoms with Gasteiger partial charge in [0.1, 0.15) is 5.60 Å². The van der Waals surface area contributed by atoms with Gasteiger partial charge in [-0.1, -0.05) is 11.6 Å². The molecule has 2 unspecified atom stereocenters. The van der Waals surface area contributed by atoms with Crippen LogP contribution in [-0.2, 0) is 0 Å². The molecule has 0 spiro atoms. The van der Waals surface area contributed by atoms with Gasteiger partial charge in [-0.3, -0.25) is 0 Å². The fourth-order valence-electron chi connectivity index (χ4n) is 1.12. The molecule has 11 heavy (non-hydrogen) atoms. The molecule has 0 aromatic rings. The van der Waals surface area contributed by atoms with Crippen LogP contribution in [0.3, 0.4) is 0 Å². The van der Waals surface area contributed by atoms with Gasteiger partial charge in [-0.05, 0) is 19.9 Å². The molecule has 0 saturated carbocycles. The number of nitrogens with two attached hydrogens (primary N) is 2. The average molecular weight is 154 g/mol. The van der Waals surface area contributed by atoms with E-state index in [1.165, 1.54) is 0 Å². The van der Waals surface area contributed by atoms with Gasteiger partial charge < -0.3 is 16.6 Å². The normalized spacial score (nSPS) is 38.0. The summed E-state index contributed by atoms with van der Waals surface area (Å²) in [6, 6.07) is -0.382. The van der Waals surface area contributed by atoms with Crippen LogP contribution in [0.25, 0.3) is 0 Å². The van der Waals surface area contributed by atoms with Crippen molar-refractivity contribution in [2.75, 3.05) is 0 Å². The summed E-state index contributed by atoms with van der Waals surface area (Å²) >= 11 is 0. The maximum atomic E-state index is 9.72. The molecule has 0 amide bonds. The van der Waals surface area contributed by atoms with Crippen LogP contribution in [0.2, 0.25) is 0 Å². The van der Waals surface area contributed by atoms with E-state index >= 15 is 0 Å². The third kappa shape index (κ3) is 1.17. The molecule has 1 aliphatic carbocycles. The molecule has 3 nitrogen and oxygen atoms in total. The second kappa shape index (κ2) is 2.36. The molecule has 0 heterocycles. The highest BCUT2D eigenvalue weighted by Crippen LogP contribution is 2.24. The van der Waals surface area contributed by atoms with E-state index in [9.17, 15) is 5.11 Å². The zero-order valence-electron chi connectivity index (χ0n) is 6.83. The Morgan fingerprint density at radius 1 is 1.55 bits per heavy atom. The lowest BCUT2D eigenvalue weighted by atomic mass is 9.85.